The number of hydrogen-bond donors (Lipinski definition) is 1. The second-order valence-corrected chi connectivity index (χ2v) is 3.50. The van der Waals surface area contributed by atoms with Gasteiger partial charge in [0.25, 0.3) is 0 Å². The Morgan fingerprint density at radius 1 is 1.36 bits per heavy atom. The van der Waals surface area contributed by atoms with Crippen LogP contribution in [0.25, 0.3) is 0 Å². The van der Waals surface area contributed by atoms with Gasteiger partial charge in [0.2, 0.25) is 0 Å². The van der Waals surface area contributed by atoms with Crippen LogP contribution < -0.4 is 9.64 Å². The van der Waals surface area contributed by atoms with Crippen molar-refractivity contribution in [1.29, 1.82) is 0 Å². The summed E-state index contributed by atoms with van der Waals surface area (Å²) in [4.78, 5) is 1.99. The van der Waals surface area contributed by atoms with Crippen molar-refractivity contribution >= 4 is 5.69 Å². The van der Waals surface area contributed by atoms with E-state index in [1.165, 1.54) is 0 Å². The van der Waals surface area contributed by atoms with Gasteiger partial charge in [-0.2, -0.15) is 0 Å². The monoisotopic (exact) mass is 195 g/mol. The smallest absolute Gasteiger partial charge is 0.124 e. The van der Waals surface area contributed by atoms with Gasteiger partial charge in [0.15, 0.2) is 0 Å². The molecule has 0 aliphatic carbocycles. The molecule has 0 saturated carbocycles. The SMILES string of the molecule is COc1ccc(N(C)C)cc1C(C)O. The van der Waals surface area contributed by atoms with E-state index in [1.54, 1.807) is 14.0 Å². The van der Waals surface area contributed by atoms with Crippen LogP contribution in [0.4, 0.5) is 5.69 Å². The highest BCUT2D eigenvalue weighted by molar-refractivity contribution is 5.52. The third-order valence-electron chi connectivity index (χ3n) is 2.18. The molecule has 0 fully saturated rings. The topological polar surface area (TPSA) is 32.7 Å². The quantitative estimate of drug-likeness (QED) is 0.798. The largest absolute Gasteiger partial charge is 0.496 e. The number of methoxy groups -OCH3 is 1. The lowest BCUT2D eigenvalue weighted by atomic mass is 10.1. The van der Waals surface area contributed by atoms with Crippen molar-refractivity contribution in [3.05, 3.63) is 23.8 Å². The molecule has 14 heavy (non-hydrogen) atoms. The Hall–Kier alpha value is -1.22. The van der Waals surface area contributed by atoms with E-state index in [4.69, 9.17) is 4.74 Å². The van der Waals surface area contributed by atoms with Crippen LogP contribution in [0.1, 0.15) is 18.6 Å². The van der Waals surface area contributed by atoms with Crippen molar-refractivity contribution in [2.24, 2.45) is 0 Å². The average Bonchev–Trinajstić information content (AvgIpc) is 2.16. The molecule has 0 bridgehead atoms. The lowest BCUT2D eigenvalue weighted by molar-refractivity contribution is 0.194. The molecule has 0 heterocycles. The predicted octanol–water partition coefficient (Wildman–Crippen LogP) is 1.81. The van der Waals surface area contributed by atoms with Crippen LogP contribution in [-0.4, -0.2) is 26.3 Å². The number of benzene rings is 1. The fraction of sp³-hybridized carbons (Fsp3) is 0.455. The van der Waals surface area contributed by atoms with Gasteiger partial charge in [0, 0.05) is 25.3 Å². The second kappa shape index (κ2) is 4.33. The summed E-state index contributed by atoms with van der Waals surface area (Å²) in [6.45, 7) is 1.73. The van der Waals surface area contributed by atoms with E-state index >= 15 is 0 Å². The van der Waals surface area contributed by atoms with Crippen LogP contribution in [0.2, 0.25) is 0 Å². The summed E-state index contributed by atoms with van der Waals surface area (Å²) in [5.74, 6) is 0.727. The molecule has 0 saturated heterocycles. The first-order valence-corrected chi connectivity index (χ1v) is 4.59. The molecule has 0 radical (unpaired) electrons. The summed E-state index contributed by atoms with van der Waals surface area (Å²) in [6, 6.07) is 5.77. The number of anilines is 1. The zero-order chi connectivity index (χ0) is 10.7. The molecule has 1 aromatic rings. The van der Waals surface area contributed by atoms with Gasteiger partial charge in [-0.25, -0.2) is 0 Å². The molecule has 1 rings (SSSR count). The second-order valence-electron chi connectivity index (χ2n) is 3.50. The molecule has 0 aliphatic heterocycles. The summed E-state index contributed by atoms with van der Waals surface area (Å²) in [5.41, 5.74) is 1.88. The van der Waals surface area contributed by atoms with E-state index in [9.17, 15) is 5.11 Å². The first-order chi connectivity index (χ1) is 6.56. The zero-order valence-corrected chi connectivity index (χ0v) is 9.11. The Kier molecular flexibility index (Phi) is 3.36. The minimum Gasteiger partial charge on any atom is -0.496 e. The Morgan fingerprint density at radius 3 is 2.43 bits per heavy atom. The van der Waals surface area contributed by atoms with E-state index in [-0.39, 0.29) is 0 Å². The van der Waals surface area contributed by atoms with Crippen molar-refractivity contribution in [3.63, 3.8) is 0 Å². The van der Waals surface area contributed by atoms with Gasteiger partial charge in [-0.15, -0.1) is 0 Å². The van der Waals surface area contributed by atoms with Gasteiger partial charge in [0.05, 0.1) is 13.2 Å². The van der Waals surface area contributed by atoms with E-state index in [2.05, 4.69) is 0 Å². The van der Waals surface area contributed by atoms with Gasteiger partial charge in [-0.1, -0.05) is 0 Å². The number of rotatable bonds is 3. The lowest BCUT2D eigenvalue weighted by Gasteiger charge is -2.17. The average molecular weight is 195 g/mol. The molecule has 0 aliphatic rings. The molecule has 1 unspecified atom stereocenters. The Bertz CT molecular complexity index is 308. The van der Waals surface area contributed by atoms with Gasteiger partial charge in [-0.3, -0.25) is 0 Å². The normalized spacial score (nSPS) is 12.4. The number of nitrogens with zero attached hydrogens (tertiary/aromatic N) is 1. The van der Waals surface area contributed by atoms with Crippen LogP contribution >= 0.6 is 0 Å². The molecule has 1 atom stereocenters. The molecular formula is C11H17NO2. The van der Waals surface area contributed by atoms with Crippen LogP contribution in [0.15, 0.2) is 18.2 Å². The fourth-order valence-corrected chi connectivity index (χ4v) is 1.33. The molecular weight excluding hydrogens is 178 g/mol. The molecule has 78 valence electrons. The fourth-order valence-electron chi connectivity index (χ4n) is 1.33. The number of hydrogen-bond acceptors (Lipinski definition) is 3. The van der Waals surface area contributed by atoms with Crippen LogP contribution in [-0.2, 0) is 0 Å². The number of aliphatic hydroxyl groups excluding tert-OH is 1. The maximum Gasteiger partial charge on any atom is 0.124 e. The first kappa shape index (κ1) is 10.9. The van der Waals surface area contributed by atoms with E-state index in [0.29, 0.717) is 0 Å². The van der Waals surface area contributed by atoms with E-state index in [0.717, 1.165) is 17.0 Å². The van der Waals surface area contributed by atoms with Crippen molar-refractivity contribution in [2.45, 2.75) is 13.0 Å². The Balaban J connectivity index is 3.14. The van der Waals surface area contributed by atoms with Crippen molar-refractivity contribution in [1.82, 2.24) is 0 Å². The van der Waals surface area contributed by atoms with Crippen molar-refractivity contribution in [3.8, 4) is 5.75 Å². The number of aliphatic hydroxyl groups is 1. The maximum atomic E-state index is 9.54. The molecule has 1 aromatic carbocycles. The third kappa shape index (κ3) is 2.17. The van der Waals surface area contributed by atoms with Crippen molar-refractivity contribution < 1.29 is 9.84 Å². The summed E-state index contributed by atoms with van der Waals surface area (Å²) in [7, 11) is 5.54. The summed E-state index contributed by atoms with van der Waals surface area (Å²) < 4.78 is 5.16. The molecule has 1 N–H and O–H groups in total. The Labute approximate surface area is 84.9 Å². The first-order valence-electron chi connectivity index (χ1n) is 4.59. The summed E-state index contributed by atoms with van der Waals surface area (Å²) >= 11 is 0. The van der Waals surface area contributed by atoms with Crippen LogP contribution in [0, 0.1) is 0 Å². The van der Waals surface area contributed by atoms with Gasteiger partial charge in [0.1, 0.15) is 5.75 Å². The molecule has 0 aromatic heterocycles. The zero-order valence-electron chi connectivity index (χ0n) is 9.11. The lowest BCUT2D eigenvalue weighted by Crippen LogP contribution is -2.09. The predicted molar refractivity (Wildman–Crippen MR) is 58.0 cm³/mol. The van der Waals surface area contributed by atoms with Crippen LogP contribution in [0.5, 0.6) is 5.75 Å². The molecule has 0 amide bonds. The molecule has 0 spiro atoms. The summed E-state index contributed by atoms with van der Waals surface area (Å²) in [6.07, 6.45) is -0.509. The van der Waals surface area contributed by atoms with Gasteiger partial charge in [-0.05, 0) is 25.1 Å². The Morgan fingerprint density at radius 2 is 2.00 bits per heavy atom. The highest BCUT2D eigenvalue weighted by atomic mass is 16.5. The minimum atomic E-state index is -0.509. The molecule has 3 heteroatoms. The highest BCUT2D eigenvalue weighted by Crippen LogP contribution is 2.28. The number of ether oxygens (including phenoxy) is 1. The third-order valence-corrected chi connectivity index (χ3v) is 2.18. The highest BCUT2D eigenvalue weighted by Gasteiger charge is 2.09. The molecule has 3 nitrogen and oxygen atoms in total. The van der Waals surface area contributed by atoms with Crippen LogP contribution in [0.3, 0.4) is 0 Å². The van der Waals surface area contributed by atoms with Gasteiger partial charge >= 0.3 is 0 Å². The minimum absolute atomic E-state index is 0.509. The van der Waals surface area contributed by atoms with Crippen molar-refractivity contribution in [2.75, 3.05) is 26.1 Å². The van der Waals surface area contributed by atoms with E-state index < -0.39 is 6.10 Å². The van der Waals surface area contributed by atoms with Gasteiger partial charge < -0.3 is 14.7 Å². The maximum absolute atomic E-state index is 9.54. The standard InChI is InChI=1S/C11H17NO2/c1-8(13)10-7-9(12(2)3)5-6-11(10)14-4/h5-8,13H,1-4H3. The van der Waals surface area contributed by atoms with E-state index in [1.807, 2.05) is 37.2 Å². The summed E-state index contributed by atoms with van der Waals surface area (Å²) in [5, 5.41) is 9.54.